The Balaban J connectivity index is 2.10. The molecule has 0 amide bonds. The van der Waals surface area contributed by atoms with E-state index in [-0.39, 0.29) is 11.8 Å². The van der Waals surface area contributed by atoms with Gasteiger partial charge in [-0.1, -0.05) is 12.1 Å². The van der Waals surface area contributed by atoms with E-state index < -0.39 is 0 Å². The van der Waals surface area contributed by atoms with Gasteiger partial charge in [-0.15, -0.1) is 11.8 Å². The number of hydrogen-bond donors (Lipinski definition) is 1. The van der Waals surface area contributed by atoms with Gasteiger partial charge in [-0.05, 0) is 30.9 Å². The highest BCUT2D eigenvalue weighted by atomic mass is 32.2. The zero-order valence-electron chi connectivity index (χ0n) is 11.2. The molecular weight excluding hydrogens is 272 g/mol. The summed E-state index contributed by atoms with van der Waals surface area (Å²) in [5.74, 6) is 0.262. The number of aromatic hydroxyl groups is 1. The lowest BCUT2D eigenvalue weighted by atomic mass is 10.1. The number of benzene rings is 1. The van der Waals surface area contributed by atoms with Crippen LogP contribution in [-0.4, -0.2) is 30.9 Å². The minimum absolute atomic E-state index is 0.0386. The van der Waals surface area contributed by atoms with Gasteiger partial charge in [0.05, 0.1) is 12.4 Å². The average molecular weight is 286 g/mol. The second-order valence-corrected chi connectivity index (χ2v) is 5.27. The van der Waals surface area contributed by atoms with Gasteiger partial charge in [0, 0.05) is 0 Å². The van der Waals surface area contributed by atoms with Gasteiger partial charge >= 0.3 is 0 Å². The molecule has 0 spiro atoms. The minimum atomic E-state index is 0.0386. The van der Waals surface area contributed by atoms with Crippen LogP contribution in [0.3, 0.4) is 0 Å². The molecule has 3 aromatic rings. The molecule has 20 heavy (non-hydrogen) atoms. The molecule has 0 aliphatic rings. The second-order valence-electron chi connectivity index (χ2n) is 4.48. The lowest BCUT2D eigenvalue weighted by Crippen LogP contribution is -2.06. The van der Waals surface area contributed by atoms with Crippen LogP contribution in [0.15, 0.2) is 41.9 Å². The van der Waals surface area contributed by atoms with E-state index in [1.165, 1.54) is 0 Å². The number of hydrogen-bond acceptors (Lipinski definition) is 5. The summed E-state index contributed by atoms with van der Waals surface area (Å²) < 4.78 is 1.99. The predicted molar refractivity (Wildman–Crippen MR) is 79.0 cm³/mol. The van der Waals surface area contributed by atoms with Gasteiger partial charge in [-0.2, -0.15) is 0 Å². The molecule has 0 aliphatic heterocycles. The summed E-state index contributed by atoms with van der Waals surface area (Å²) in [6.07, 6.45) is 5.30. The molecule has 0 aliphatic carbocycles. The zero-order chi connectivity index (χ0) is 14.1. The van der Waals surface area contributed by atoms with Crippen LogP contribution in [-0.2, 0) is 0 Å². The Morgan fingerprint density at radius 2 is 2.10 bits per heavy atom. The molecule has 0 saturated carbocycles. The van der Waals surface area contributed by atoms with Crippen molar-refractivity contribution in [3.8, 4) is 5.75 Å². The van der Waals surface area contributed by atoms with Crippen molar-refractivity contribution in [1.29, 1.82) is 0 Å². The summed E-state index contributed by atoms with van der Waals surface area (Å²) >= 11 is 1.55. The first-order valence-electron chi connectivity index (χ1n) is 6.21. The molecule has 2 heterocycles. The van der Waals surface area contributed by atoms with Crippen LogP contribution in [0.2, 0.25) is 0 Å². The summed E-state index contributed by atoms with van der Waals surface area (Å²) in [6, 6.07) is 7.27. The Bertz CT molecular complexity index is 756. The molecular formula is C14H14N4OS. The topological polar surface area (TPSA) is 63.8 Å². The number of rotatable bonds is 3. The maximum atomic E-state index is 9.60. The Labute approximate surface area is 120 Å². The van der Waals surface area contributed by atoms with E-state index in [0.717, 1.165) is 21.8 Å². The van der Waals surface area contributed by atoms with E-state index in [1.54, 1.807) is 36.5 Å². The third-order valence-electron chi connectivity index (χ3n) is 3.29. The highest BCUT2D eigenvalue weighted by Gasteiger charge is 2.15. The molecule has 0 unspecified atom stereocenters. The van der Waals surface area contributed by atoms with Crippen LogP contribution in [0.5, 0.6) is 5.75 Å². The largest absolute Gasteiger partial charge is 0.508 e. The molecule has 1 aromatic carbocycles. The van der Waals surface area contributed by atoms with Gasteiger partial charge in [0.2, 0.25) is 0 Å². The van der Waals surface area contributed by atoms with Gasteiger partial charge in [-0.25, -0.2) is 15.0 Å². The molecule has 2 aromatic heterocycles. The van der Waals surface area contributed by atoms with E-state index in [4.69, 9.17) is 0 Å². The number of nitrogens with zero attached hydrogens (tertiary/aromatic N) is 4. The molecule has 3 rings (SSSR count). The average Bonchev–Trinajstić information content (AvgIpc) is 2.90. The van der Waals surface area contributed by atoms with Crippen LogP contribution in [0, 0.1) is 0 Å². The van der Waals surface area contributed by atoms with Crippen LogP contribution in [0.25, 0.3) is 11.2 Å². The fourth-order valence-corrected chi connectivity index (χ4v) is 2.70. The monoisotopic (exact) mass is 286 g/mol. The first-order chi connectivity index (χ1) is 9.70. The van der Waals surface area contributed by atoms with Crippen molar-refractivity contribution in [3.63, 3.8) is 0 Å². The third-order valence-corrected chi connectivity index (χ3v) is 3.97. The van der Waals surface area contributed by atoms with Crippen molar-refractivity contribution >= 4 is 22.9 Å². The van der Waals surface area contributed by atoms with Crippen molar-refractivity contribution in [3.05, 3.63) is 42.5 Å². The fourth-order valence-electron chi connectivity index (χ4n) is 2.21. The molecule has 1 N–H and O–H groups in total. The van der Waals surface area contributed by atoms with E-state index in [9.17, 15) is 5.11 Å². The third kappa shape index (κ3) is 2.12. The van der Waals surface area contributed by atoms with Gasteiger partial charge in [0.25, 0.3) is 0 Å². The number of phenolic OH excluding ortho intramolecular Hbond substituents is 1. The number of thioether (sulfide) groups is 1. The fraction of sp³-hybridized carbons (Fsp3) is 0.214. The summed E-state index contributed by atoms with van der Waals surface area (Å²) in [5.41, 5.74) is 2.63. The molecule has 0 radical (unpaired) electrons. The first kappa shape index (κ1) is 12.9. The van der Waals surface area contributed by atoms with Crippen molar-refractivity contribution in [1.82, 2.24) is 19.5 Å². The Hall–Kier alpha value is -2.08. The van der Waals surface area contributed by atoms with Gasteiger partial charge in [-0.3, -0.25) is 0 Å². The lowest BCUT2D eigenvalue weighted by molar-refractivity contribution is 0.473. The molecule has 0 bridgehead atoms. The van der Waals surface area contributed by atoms with Crippen LogP contribution < -0.4 is 0 Å². The summed E-state index contributed by atoms with van der Waals surface area (Å²) in [7, 11) is 0. The molecule has 0 saturated heterocycles. The highest BCUT2D eigenvalue weighted by molar-refractivity contribution is 7.98. The van der Waals surface area contributed by atoms with E-state index >= 15 is 0 Å². The van der Waals surface area contributed by atoms with Crippen LogP contribution >= 0.6 is 11.8 Å². The van der Waals surface area contributed by atoms with E-state index in [2.05, 4.69) is 21.9 Å². The number of fused-ring (bicyclic) bond motifs is 1. The van der Waals surface area contributed by atoms with Gasteiger partial charge in [0.1, 0.15) is 22.6 Å². The molecule has 5 nitrogen and oxygen atoms in total. The van der Waals surface area contributed by atoms with Crippen molar-refractivity contribution in [2.75, 3.05) is 6.26 Å². The summed E-state index contributed by atoms with van der Waals surface area (Å²) in [4.78, 5) is 13.0. The quantitative estimate of drug-likeness (QED) is 0.592. The maximum Gasteiger partial charge on any atom is 0.164 e. The number of aromatic nitrogens is 4. The Morgan fingerprint density at radius 1 is 1.25 bits per heavy atom. The van der Waals surface area contributed by atoms with Crippen LogP contribution in [0.1, 0.15) is 18.5 Å². The standard InChI is InChI=1S/C14H14N4OS/c1-9(10-4-3-5-11(19)6-10)18-8-17-12-13(18)15-7-16-14(12)20-2/h3-9,19H,1-2H3/t9-/m0/s1. The molecule has 1 atom stereocenters. The predicted octanol–water partition coefficient (Wildman–Crippen LogP) is 2.86. The molecule has 102 valence electrons. The van der Waals surface area contributed by atoms with Crippen molar-refractivity contribution in [2.24, 2.45) is 0 Å². The molecule has 6 heteroatoms. The Kier molecular flexibility index (Phi) is 3.31. The SMILES string of the molecule is CSc1ncnc2c1ncn2[C@@H](C)c1cccc(O)c1. The maximum absolute atomic E-state index is 9.60. The smallest absolute Gasteiger partial charge is 0.164 e. The highest BCUT2D eigenvalue weighted by Crippen LogP contribution is 2.27. The van der Waals surface area contributed by atoms with Crippen LogP contribution in [0.4, 0.5) is 0 Å². The van der Waals surface area contributed by atoms with Gasteiger partial charge < -0.3 is 9.67 Å². The summed E-state index contributed by atoms with van der Waals surface area (Å²) in [6.45, 7) is 2.05. The normalized spacial score (nSPS) is 12.7. The summed E-state index contributed by atoms with van der Waals surface area (Å²) in [5, 5.41) is 10.5. The lowest BCUT2D eigenvalue weighted by Gasteiger charge is -2.14. The van der Waals surface area contributed by atoms with E-state index in [1.807, 2.05) is 23.0 Å². The van der Waals surface area contributed by atoms with Crippen molar-refractivity contribution < 1.29 is 5.11 Å². The molecule has 0 fully saturated rings. The minimum Gasteiger partial charge on any atom is -0.508 e. The first-order valence-corrected chi connectivity index (χ1v) is 7.43. The Morgan fingerprint density at radius 3 is 2.85 bits per heavy atom. The van der Waals surface area contributed by atoms with Crippen molar-refractivity contribution in [2.45, 2.75) is 18.0 Å². The number of imidazole rings is 1. The van der Waals surface area contributed by atoms with E-state index in [0.29, 0.717) is 0 Å². The van der Waals surface area contributed by atoms with Gasteiger partial charge in [0.15, 0.2) is 5.65 Å². The second kappa shape index (κ2) is 5.13. The zero-order valence-corrected chi connectivity index (χ0v) is 12.0. The number of phenols is 1.